The summed E-state index contributed by atoms with van der Waals surface area (Å²) in [5.41, 5.74) is 4.53. The maximum absolute atomic E-state index is 14.0. The summed E-state index contributed by atoms with van der Waals surface area (Å²) in [5.74, 6) is -0.465. The molecule has 3 rings (SSSR count). The molecule has 0 aromatic heterocycles. The molecule has 1 fully saturated rings. The molecule has 0 N–H and O–H groups in total. The van der Waals surface area contributed by atoms with Gasteiger partial charge in [0.05, 0.1) is 12.3 Å². The van der Waals surface area contributed by atoms with E-state index in [0.29, 0.717) is 17.7 Å². The van der Waals surface area contributed by atoms with Crippen molar-refractivity contribution in [3.05, 3.63) is 70.0 Å². The normalized spacial score (nSPS) is 15.8. The van der Waals surface area contributed by atoms with Crippen LogP contribution < -0.4 is 0 Å². The first-order valence-corrected chi connectivity index (χ1v) is 8.73. The number of aliphatic imine (C=N–C) groups is 1. The average molecular weight is 351 g/mol. The maximum Gasteiger partial charge on any atom is 0.167 e. The first-order chi connectivity index (χ1) is 12.6. The number of ketones is 1. The number of halogens is 1. The van der Waals surface area contributed by atoms with Crippen LogP contribution in [0, 0.1) is 12.7 Å². The van der Waals surface area contributed by atoms with Crippen molar-refractivity contribution in [3.8, 4) is 0 Å². The van der Waals surface area contributed by atoms with Gasteiger partial charge in [0.25, 0.3) is 0 Å². The van der Waals surface area contributed by atoms with Crippen molar-refractivity contribution in [1.82, 2.24) is 0 Å². The van der Waals surface area contributed by atoms with E-state index < -0.39 is 0 Å². The Bertz CT molecular complexity index is 862. The highest BCUT2D eigenvalue weighted by atomic mass is 19.1. The zero-order valence-corrected chi connectivity index (χ0v) is 14.9. The molecular weight excluding hydrogens is 329 g/mol. The third-order valence-corrected chi connectivity index (χ3v) is 4.51. The summed E-state index contributed by atoms with van der Waals surface area (Å²) in [4.78, 5) is 16.7. The van der Waals surface area contributed by atoms with Crippen LogP contribution in [-0.4, -0.2) is 25.7 Å². The number of hydrogen-bond donors (Lipinski definition) is 0. The molecule has 0 spiro atoms. The largest absolute Gasteiger partial charge is 0.377 e. The molecule has 1 saturated heterocycles. The van der Waals surface area contributed by atoms with Crippen molar-refractivity contribution in [2.24, 2.45) is 4.99 Å². The molecule has 0 saturated carbocycles. The van der Waals surface area contributed by atoms with Gasteiger partial charge in [0, 0.05) is 24.2 Å². The Hall–Kier alpha value is -2.59. The van der Waals surface area contributed by atoms with Crippen LogP contribution in [0.3, 0.4) is 0 Å². The fraction of sp³-hybridized carbons (Fsp3) is 0.273. The molecule has 0 atom stereocenters. The lowest BCUT2D eigenvalue weighted by molar-refractivity contribution is 0.0992. The second-order valence-electron chi connectivity index (χ2n) is 6.59. The standard InChI is InChI=1S/C22H22FNO2/c1-15-5-6-17(20(23)10-15)13-22(25)18-7-8-21(24-2)19(12-18)11-16-4-3-9-26-14-16/h5-8,10-12H,2-4,9,13-14H2,1H3/b16-11-. The molecule has 1 aliphatic heterocycles. The summed E-state index contributed by atoms with van der Waals surface area (Å²) >= 11 is 0. The number of ether oxygens (including phenoxy) is 1. The van der Waals surface area contributed by atoms with E-state index in [2.05, 4.69) is 11.7 Å². The third-order valence-electron chi connectivity index (χ3n) is 4.51. The molecular formula is C22H22FNO2. The molecule has 0 unspecified atom stereocenters. The lowest BCUT2D eigenvalue weighted by atomic mass is 9.97. The quantitative estimate of drug-likeness (QED) is 0.556. The van der Waals surface area contributed by atoms with Crippen LogP contribution in [0.4, 0.5) is 10.1 Å². The van der Waals surface area contributed by atoms with Crippen molar-refractivity contribution in [2.45, 2.75) is 26.2 Å². The minimum atomic E-state index is -0.343. The predicted molar refractivity (Wildman–Crippen MR) is 103 cm³/mol. The van der Waals surface area contributed by atoms with Crippen molar-refractivity contribution < 1.29 is 13.9 Å². The highest BCUT2D eigenvalue weighted by Gasteiger charge is 2.13. The molecule has 134 valence electrons. The van der Waals surface area contributed by atoms with Gasteiger partial charge in [0.2, 0.25) is 0 Å². The number of nitrogens with zero attached hydrogens (tertiary/aromatic N) is 1. The molecule has 0 amide bonds. The van der Waals surface area contributed by atoms with E-state index in [0.717, 1.165) is 36.3 Å². The van der Waals surface area contributed by atoms with Crippen molar-refractivity contribution in [3.63, 3.8) is 0 Å². The van der Waals surface area contributed by atoms with Crippen molar-refractivity contribution in [2.75, 3.05) is 13.2 Å². The van der Waals surface area contributed by atoms with E-state index in [1.54, 1.807) is 24.3 Å². The van der Waals surface area contributed by atoms with Gasteiger partial charge < -0.3 is 4.74 Å². The minimum absolute atomic E-state index is 0.0338. The molecule has 0 radical (unpaired) electrons. The Balaban J connectivity index is 1.86. The highest BCUT2D eigenvalue weighted by molar-refractivity contribution is 5.98. The number of Topliss-reactive ketones (excluding diaryl/α,β-unsaturated/α-hetero) is 1. The van der Waals surface area contributed by atoms with E-state index in [9.17, 15) is 9.18 Å². The second-order valence-corrected chi connectivity index (χ2v) is 6.59. The first-order valence-electron chi connectivity index (χ1n) is 8.73. The van der Waals surface area contributed by atoms with E-state index in [-0.39, 0.29) is 18.0 Å². The molecule has 4 heteroatoms. The van der Waals surface area contributed by atoms with Crippen LogP contribution >= 0.6 is 0 Å². The summed E-state index contributed by atoms with van der Waals surface area (Å²) in [7, 11) is 0. The van der Waals surface area contributed by atoms with Gasteiger partial charge in [-0.3, -0.25) is 9.79 Å². The van der Waals surface area contributed by atoms with Crippen LogP contribution in [0.25, 0.3) is 6.08 Å². The Morgan fingerprint density at radius 3 is 2.85 bits per heavy atom. The molecule has 1 aliphatic rings. The SMILES string of the molecule is C=Nc1ccc(C(=O)Cc2ccc(C)cc2F)cc1/C=C1/CCCOC1. The number of carbonyl (C=O) groups excluding carboxylic acids is 1. The zero-order valence-electron chi connectivity index (χ0n) is 14.9. The van der Waals surface area contributed by atoms with E-state index in [1.807, 2.05) is 19.1 Å². The van der Waals surface area contributed by atoms with E-state index in [1.165, 1.54) is 11.6 Å². The fourth-order valence-electron chi connectivity index (χ4n) is 3.07. The molecule has 0 aliphatic carbocycles. The zero-order chi connectivity index (χ0) is 18.5. The van der Waals surface area contributed by atoms with Crippen LogP contribution in [0.5, 0.6) is 0 Å². The van der Waals surface area contributed by atoms with Gasteiger partial charge in [-0.2, -0.15) is 0 Å². The van der Waals surface area contributed by atoms with Crippen molar-refractivity contribution in [1.29, 1.82) is 0 Å². The summed E-state index contributed by atoms with van der Waals surface area (Å²) < 4.78 is 19.5. The summed E-state index contributed by atoms with van der Waals surface area (Å²) in [6.45, 7) is 6.81. The number of rotatable bonds is 5. The molecule has 0 bridgehead atoms. The van der Waals surface area contributed by atoms with Gasteiger partial charge in [-0.25, -0.2) is 4.39 Å². The third kappa shape index (κ3) is 4.33. The van der Waals surface area contributed by atoms with Crippen LogP contribution in [0.2, 0.25) is 0 Å². The molecule has 1 heterocycles. The van der Waals surface area contributed by atoms with Gasteiger partial charge in [-0.15, -0.1) is 0 Å². The van der Waals surface area contributed by atoms with Gasteiger partial charge in [-0.05, 0) is 67.4 Å². The van der Waals surface area contributed by atoms with Gasteiger partial charge >= 0.3 is 0 Å². The Kier molecular flexibility index (Phi) is 5.74. The lowest BCUT2D eigenvalue weighted by Gasteiger charge is -2.15. The number of benzene rings is 2. The fourth-order valence-corrected chi connectivity index (χ4v) is 3.07. The smallest absolute Gasteiger partial charge is 0.167 e. The average Bonchev–Trinajstić information content (AvgIpc) is 2.65. The van der Waals surface area contributed by atoms with Crippen LogP contribution in [-0.2, 0) is 11.2 Å². The summed E-state index contributed by atoms with van der Waals surface area (Å²) in [6, 6.07) is 10.2. The Morgan fingerprint density at radius 1 is 1.31 bits per heavy atom. The van der Waals surface area contributed by atoms with Gasteiger partial charge in [0.15, 0.2) is 5.78 Å². The number of aryl methyl sites for hydroxylation is 1. The van der Waals surface area contributed by atoms with E-state index in [4.69, 9.17) is 4.74 Å². The Labute approximate surface area is 153 Å². The molecule has 2 aromatic rings. The number of carbonyl (C=O) groups is 1. The molecule has 2 aromatic carbocycles. The van der Waals surface area contributed by atoms with Crippen LogP contribution in [0.1, 0.15) is 39.9 Å². The van der Waals surface area contributed by atoms with Gasteiger partial charge in [0.1, 0.15) is 5.82 Å². The Morgan fingerprint density at radius 2 is 2.15 bits per heavy atom. The molecule has 26 heavy (non-hydrogen) atoms. The monoisotopic (exact) mass is 351 g/mol. The van der Waals surface area contributed by atoms with Gasteiger partial charge in [-0.1, -0.05) is 18.2 Å². The maximum atomic E-state index is 14.0. The summed E-state index contributed by atoms with van der Waals surface area (Å²) in [6.07, 6.45) is 4.02. The molecule has 3 nitrogen and oxygen atoms in total. The topological polar surface area (TPSA) is 38.7 Å². The first kappa shape index (κ1) is 18.2. The lowest BCUT2D eigenvalue weighted by Crippen LogP contribution is -2.08. The van der Waals surface area contributed by atoms with Crippen molar-refractivity contribution >= 4 is 24.3 Å². The predicted octanol–water partition coefficient (Wildman–Crippen LogP) is 5.09. The summed E-state index contributed by atoms with van der Waals surface area (Å²) in [5, 5.41) is 0. The highest BCUT2D eigenvalue weighted by Crippen LogP contribution is 2.26. The number of hydrogen-bond acceptors (Lipinski definition) is 3. The second kappa shape index (κ2) is 8.19. The van der Waals surface area contributed by atoms with E-state index >= 15 is 0 Å². The minimum Gasteiger partial charge on any atom is -0.377 e. The van der Waals surface area contributed by atoms with Crippen LogP contribution in [0.15, 0.2) is 47.0 Å².